The first-order valence-corrected chi connectivity index (χ1v) is 14.3. The van der Waals surface area contributed by atoms with Gasteiger partial charge in [0.05, 0.1) is 19.2 Å². The minimum Gasteiger partial charge on any atom is -0.612 e. The van der Waals surface area contributed by atoms with E-state index in [-0.39, 0.29) is 12.3 Å². The molecule has 2 fully saturated rings. The van der Waals surface area contributed by atoms with Crippen molar-refractivity contribution < 1.29 is 19.2 Å². The highest BCUT2D eigenvalue weighted by Gasteiger charge is 2.32. The summed E-state index contributed by atoms with van der Waals surface area (Å²) in [5.41, 5.74) is 5.26. The Kier molecular flexibility index (Phi) is 6.52. The molecule has 0 bridgehead atoms. The van der Waals surface area contributed by atoms with Crippen LogP contribution in [0.5, 0.6) is 5.88 Å². The van der Waals surface area contributed by atoms with Crippen molar-refractivity contribution in [1.82, 2.24) is 15.3 Å². The normalized spacial score (nSPS) is 18.5. The predicted molar refractivity (Wildman–Crippen MR) is 141 cm³/mol. The molecule has 2 aromatic heterocycles. The lowest BCUT2D eigenvalue weighted by atomic mass is 10.1. The third kappa shape index (κ3) is 5.16. The molecule has 8 nitrogen and oxygen atoms in total. The van der Waals surface area contributed by atoms with Gasteiger partial charge in [-0.2, -0.15) is 0 Å². The van der Waals surface area contributed by atoms with Crippen LogP contribution in [0, 0.1) is 0 Å². The summed E-state index contributed by atoms with van der Waals surface area (Å²) in [5.74, 6) is 1.16. The Bertz CT molecular complexity index is 1280. The molecular formula is C28H30N4O4S. The van der Waals surface area contributed by atoms with Gasteiger partial charge in [-0.3, -0.25) is 9.78 Å². The number of amides is 1. The number of nitrogens with one attached hydrogen (secondary N) is 1. The number of hydrogen-bond acceptors (Lipinski definition) is 7. The number of aromatic nitrogens is 2. The van der Waals surface area contributed by atoms with Crippen LogP contribution in [0.2, 0.25) is 0 Å². The lowest BCUT2D eigenvalue weighted by molar-refractivity contribution is 0.0910. The highest BCUT2D eigenvalue weighted by Crippen LogP contribution is 2.46. The van der Waals surface area contributed by atoms with Gasteiger partial charge in [-0.25, -0.2) is 4.98 Å². The van der Waals surface area contributed by atoms with E-state index in [1.807, 2.05) is 6.07 Å². The second-order valence-electron chi connectivity index (χ2n) is 9.98. The van der Waals surface area contributed by atoms with Crippen molar-refractivity contribution in [2.75, 3.05) is 30.9 Å². The van der Waals surface area contributed by atoms with Crippen LogP contribution in [0.1, 0.15) is 71.0 Å². The SMILES string of the molecule is C[S+]([O-])c1ccc(C(CO)NC(=O)c2ccc3c(n2)OCCN3c2cc(C3CC3)nc(C3CC3)c2)cc1. The van der Waals surface area contributed by atoms with Crippen LogP contribution in [-0.2, 0) is 11.2 Å². The molecule has 1 amide bonds. The quantitative estimate of drug-likeness (QED) is 0.434. The Morgan fingerprint density at radius 3 is 2.38 bits per heavy atom. The number of rotatable bonds is 8. The summed E-state index contributed by atoms with van der Waals surface area (Å²) >= 11 is -1.09. The smallest absolute Gasteiger partial charge is 0.270 e. The first-order valence-electron chi connectivity index (χ1n) is 12.8. The number of aliphatic hydroxyl groups excluding tert-OH is 1. The Hall–Kier alpha value is -3.14. The zero-order valence-electron chi connectivity index (χ0n) is 20.7. The zero-order valence-corrected chi connectivity index (χ0v) is 21.5. The van der Waals surface area contributed by atoms with Crippen molar-refractivity contribution >= 4 is 28.5 Å². The molecule has 2 unspecified atom stereocenters. The van der Waals surface area contributed by atoms with E-state index in [0.29, 0.717) is 35.8 Å². The summed E-state index contributed by atoms with van der Waals surface area (Å²) in [7, 11) is 0. The number of fused-ring (bicyclic) bond motifs is 1. The second-order valence-corrected chi connectivity index (χ2v) is 11.4. The van der Waals surface area contributed by atoms with Crippen molar-refractivity contribution in [2.24, 2.45) is 0 Å². The van der Waals surface area contributed by atoms with E-state index in [4.69, 9.17) is 9.72 Å². The predicted octanol–water partition coefficient (Wildman–Crippen LogP) is 3.96. The van der Waals surface area contributed by atoms with Crippen LogP contribution in [0.15, 0.2) is 53.4 Å². The van der Waals surface area contributed by atoms with E-state index < -0.39 is 23.1 Å². The first kappa shape index (κ1) is 24.2. The molecule has 3 heterocycles. The van der Waals surface area contributed by atoms with E-state index in [1.165, 1.54) is 37.1 Å². The number of pyridine rings is 2. The first-order chi connectivity index (χ1) is 18.0. The van der Waals surface area contributed by atoms with E-state index in [0.717, 1.165) is 16.9 Å². The summed E-state index contributed by atoms with van der Waals surface area (Å²) in [5, 5.41) is 12.8. The van der Waals surface area contributed by atoms with Gasteiger partial charge in [0.2, 0.25) is 5.88 Å². The fourth-order valence-electron chi connectivity index (χ4n) is 4.74. The minimum absolute atomic E-state index is 0.220. The van der Waals surface area contributed by atoms with Crippen LogP contribution in [0.3, 0.4) is 0 Å². The van der Waals surface area contributed by atoms with Gasteiger partial charge in [-0.15, -0.1) is 0 Å². The van der Waals surface area contributed by atoms with Crippen LogP contribution < -0.4 is 15.0 Å². The molecule has 6 rings (SSSR count). The van der Waals surface area contributed by atoms with Gasteiger partial charge < -0.3 is 24.6 Å². The Morgan fingerprint density at radius 1 is 1.11 bits per heavy atom. The molecule has 2 atom stereocenters. The van der Waals surface area contributed by atoms with Crippen molar-refractivity contribution in [1.29, 1.82) is 0 Å². The average molecular weight is 519 g/mol. The number of benzene rings is 1. The van der Waals surface area contributed by atoms with Gasteiger partial charge in [-0.05, 0) is 78.8 Å². The maximum absolute atomic E-state index is 13.0. The zero-order chi connectivity index (χ0) is 25.5. The standard InChI is InChI=1S/C28H30N4O4S/c1-37(35)21-8-6-19(7-9-21)25(16-33)30-27(34)22-10-11-26-28(31-22)36-13-12-32(26)20-14-23(17-2-3-17)29-24(15-20)18-4-5-18/h6-11,14-15,17-18,25,33H,2-5,12-13,16H2,1H3,(H,30,34). The topological polar surface area (TPSA) is 111 Å². The third-order valence-corrected chi connectivity index (χ3v) is 8.11. The van der Waals surface area contributed by atoms with E-state index in [1.54, 1.807) is 36.6 Å². The molecule has 2 N–H and O–H groups in total. The highest BCUT2D eigenvalue weighted by molar-refractivity contribution is 7.90. The Labute approximate surface area is 219 Å². The van der Waals surface area contributed by atoms with E-state index >= 15 is 0 Å². The highest BCUT2D eigenvalue weighted by atomic mass is 32.2. The summed E-state index contributed by atoms with van der Waals surface area (Å²) in [6.07, 6.45) is 6.43. The number of ether oxygens (including phenoxy) is 1. The molecule has 9 heteroatoms. The summed E-state index contributed by atoms with van der Waals surface area (Å²) < 4.78 is 17.5. The van der Waals surface area contributed by atoms with Gasteiger partial charge in [0.25, 0.3) is 5.91 Å². The molecule has 2 aliphatic carbocycles. The van der Waals surface area contributed by atoms with Crippen molar-refractivity contribution in [3.63, 3.8) is 0 Å². The lowest BCUT2D eigenvalue weighted by Gasteiger charge is -2.31. The van der Waals surface area contributed by atoms with Gasteiger partial charge in [0.1, 0.15) is 24.2 Å². The number of hydrogen-bond donors (Lipinski definition) is 2. The van der Waals surface area contributed by atoms with Gasteiger partial charge in [-0.1, -0.05) is 12.1 Å². The number of carbonyl (C=O) groups excluding carboxylic acids is 1. The monoisotopic (exact) mass is 518 g/mol. The molecule has 0 saturated heterocycles. The molecule has 0 spiro atoms. The van der Waals surface area contributed by atoms with Gasteiger partial charge >= 0.3 is 0 Å². The number of anilines is 2. The van der Waals surface area contributed by atoms with Crippen molar-refractivity contribution in [2.45, 2.75) is 48.5 Å². The molecule has 37 heavy (non-hydrogen) atoms. The molecule has 1 aromatic carbocycles. The Balaban J connectivity index is 1.23. The van der Waals surface area contributed by atoms with Crippen LogP contribution >= 0.6 is 0 Å². The van der Waals surface area contributed by atoms with E-state index in [9.17, 15) is 14.5 Å². The number of aliphatic hydroxyl groups is 1. The van der Waals surface area contributed by atoms with Crippen LogP contribution in [0.4, 0.5) is 11.4 Å². The average Bonchev–Trinajstić information content (AvgIpc) is 3.84. The fraction of sp³-hybridized carbons (Fsp3) is 0.393. The second kappa shape index (κ2) is 9.96. The molecule has 192 valence electrons. The minimum atomic E-state index is -1.09. The van der Waals surface area contributed by atoms with E-state index in [2.05, 4.69) is 27.3 Å². The molecule has 2 saturated carbocycles. The van der Waals surface area contributed by atoms with Gasteiger partial charge in [0, 0.05) is 28.9 Å². The number of carbonyl (C=O) groups is 1. The fourth-order valence-corrected chi connectivity index (χ4v) is 5.26. The van der Waals surface area contributed by atoms with Crippen LogP contribution in [-0.4, -0.2) is 51.5 Å². The molecule has 3 aliphatic rings. The maximum atomic E-state index is 13.0. The summed E-state index contributed by atoms with van der Waals surface area (Å²) in [6.45, 7) is 0.892. The summed E-state index contributed by atoms with van der Waals surface area (Å²) in [6, 6.07) is 14.4. The number of nitrogens with zero attached hydrogens (tertiary/aromatic N) is 3. The Morgan fingerprint density at radius 2 is 1.78 bits per heavy atom. The van der Waals surface area contributed by atoms with Crippen LogP contribution in [0.25, 0.3) is 0 Å². The molecular weight excluding hydrogens is 488 g/mol. The molecule has 1 aliphatic heterocycles. The molecule has 3 aromatic rings. The molecule has 0 radical (unpaired) electrons. The lowest BCUT2D eigenvalue weighted by Crippen LogP contribution is -2.33. The maximum Gasteiger partial charge on any atom is 0.270 e. The van der Waals surface area contributed by atoms with Crippen molar-refractivity contribution in [3.8, 4) is 5.88 Å². The summed E-state index contributed by atoms with van der Waals surface area (Å²) in [4.78, 5) is 25.4. The third-order valence-electron chi connectivity index (χ3n) is 7.17. The van der Waals surface area contributed by atoms with Crippen molar-refractivity contribution in [3.05, 3.63) is 71.2 Å². The largest absolute Gasteiger partial charge is 0.612 e. The van der Waals surface area contributed by atoms with Gasteiger partial charge in [0.15, 0.2) is 4.90 Å².